The van der Waals surface area contributed by atoms with E-state index in [0.717, 1.165) is 25.9 Å². The van der Waals surface area contributed by atoms with Crippen molar-refractivity contribution in [3.8, 4) is 0 Å². The van der Waals surface area contributed by atoms with Crippen molar-refractivity contribution in [1.82, 2.24) is 0 Å². The van der Waals surface area contributed by atoms with Gasteiger partial charge in [0, 0.05) is 19.2 Å². The lowest BCUT2D eigenvalue weighted by Gasteiger charge is -2.32. The van der Waals surface area contributed by atoms with Crippen LogP contribution in [-0.2, 0) is 9.31 Å². The van der Waals surface area contributed by atoms with Gasteiger partial charge in [0.05, 0.1) is 16.1 Å². The summed E-state index contributed by atoms with van der Waals surface area (Å²) in [6.07, 6.45) is 2.13. The third-order valence-electron chi connectivity index (χ3n) is 5.85. The highest BCUT2D eigenvalue weighted by Crippen LogP contribution is 2.37. The van der Waals surface area contributed by atoms with Crippen LogP contribution in [0.15, 0.2) is 18.2 Å². The molecule has 2 saturated heterocycles. The van der Waals surface area contributed by atoms with Crippen molar-refractivity contribution in [1.29, 1.82) is 0 Å². The molecule has 3 rings (SSSR count). The highest BCUT2D eigenvalue weighted by molar-refractivity contribution is 6.62. The fraction of sp³-hybridized carbons (Fsp3) is 0.667. The normalized spacial score (nSPS) is 23.1. The highest BCUT2D eigenvalue weighted by atomic mass is 16.7. The SMILES string of the molecule is CC1CCN(c2ccc(B3OC(C)(C)C(C)(C)O3)cc2[N+](=O)[O-])CC1. The molecule has 0 aliphatic carbocycles. The Kier molecular flexibility index (Phi) is 4.58. The fourth-order valence-electron chi connectivity index (χ4n) is 3.33. The molecule has 0 spiro atoms. The van der Waals surface area contributed by atoms with Crippen molar-refractivity contribution in [2.45, 2.75) is 58.7 Å². The first-order valence-electron chi connectivity index (χ1n) is 9.00. The second-order valence-electron chi connectivity index (χ2n) is 8.26. The van der Waals surface area contributed by atoms with Crippen molar-refractivity contribution in [2.75, 3.05) is 18.0 Å². The summed E-state index contributed by atoms with van der Waals surface area (Å²) in [6.45, 7) is 11.9. The standard InChI is InChI=1S/C18H27BN2O4/c1-13-8-10-20(11-9-13)15-7-6-14(12-16(15)21(22)23)19-24-17(2,3)18(4,5)25-19/h6-7,12-13H,8-11H2,1-5H3. The van der Waals surface area contributed by atoms with Gasteiger partial charge in [0.2, 0.25) is 0 Å². The van der Waals surface area contributed by atoms with E-state index >= 15 is 0 Å². The lowest BCUT2D eigenvalue weighted by atomic mass is 9.78. The summed E-state index contributed by atoms with van der Waals surface area (Å²) in [6, 6.07) is 5.34. The largest absolute Gasteiger partial charge is 0.495 e. The summed E-state index contributed by atoms with van der Waals surface area (Å²) in [7, 11) is -0.584. The first-order valence-corrected chi connectivity index (χ1v) is 9.00. The smallest absolute Gasteiger partial charge is 0.399 e. The van der Waals surface area contributed by atoms with Crippen LogP contribution in [0.5, 0.6) is 0 Å². The van der Waals surface area contributed by atoms with Gasteiger partial charge in [0.1, 0.15) is 5.69 Å². The lowest BCUT2D eigenvalue weighted by Crippen LogP contribution is -2.41. The molecule has 0 N–H and O–H groups in total. The molecule has 0 unspecified atom stereocenters. The van der Waals surface area contributed by atoms with E-state index < -0.39 is 18.3 Å². The van der Waals surface area contributed by atoms with E-state index in [1.54, 1.807) is 6.07 Å². The molecule has 2 aliphatic heterocycles. The average Bonchev–Trinajstić information content (AvgIpc) is 2.75. The van der Waals surface area contributed by atoms with Gasteiger partial charge in [-0.1, -0.05) is 13.0 Å². The number of rotatable bonds is 3. The zero-order valence-electron chi connectivity index (χ0n) is 15.7. The molecule has 2 fully saturated rings. The number of anilines is 1. The van der Waals surface area contributed by atoms with E-state index in [2.05, 4.69) is 11.8 Å². The summed E-state index contributed by atoms with van der Waals surface area (Å²) in [5.74, 6) is 0.680. The van der Waals surface area contributed by atoms with E-state index in [4.69, 9.17) is 9.31 Å². The molecule has 0 atom stereocenters. The van der Waals surface area contributed by atoms with Crippen LogP contribution in [0.3, 0.4) is 0 Å². The number of hydrogen-bond acceptors (Lipinski definition) is 5. The molecule has 2 aliphatic rings. The first kappa shape index (κ1) is 18.2. The Bertz CT molecular complexity index is 653. The summed E-state index contributed by atoms with van der Waals surface area (Å²) in [4.78, 5) is 13.5. The van der Waals surface area contributed by atoms with Gasteiger partial charge in [-0.25, -0.2) is 0 Å². The van der Waals surface area contributed by atoms with Gasteiger partial charge in [-0.3, -0.25) is 10.1 Å². The number of piperidine rings is 1. The molecular weight excluding hydrogens is 319 g/mol. The van der Waals surface area contributed by atoms with E-state index in [9.17, 15) is 10.1 Å². The molecular formula is C18H27BN2O4. The molecule has 0 saturated carbocycles. The van der Waals surface area contributed by atoms with E-state index in [0.29, 0.717) is 17.1 Å². The van der Waals surface area contributed by atoms with E-state index in [1.165, 1.54) is 0 Å². The molecule has 25 heavy (non-hydrogen) atoms. The highest BCUT2D eigenvalue weighted by Gasteiger charge is 2.52. The molecule has 7 heteroatoms. The van der Waals surface area contributed by atoms with Crippen LogP contribution in [0.2, 0.25) is 0 Å². The number of nitrogens with zero attached hydrogens (tertiary/aromatic N) is 2. The fourth-order valence-corrected chi connectivity index (χ4v) is 3.33. The Morgan fingerprint density at radius 3 is 2.24 bits per heavy atom. The first-order chi connectivity index (χ1) is 11.6. The maximum atomic E-state index is 11.6. The van der Waals surface area contributed by atoms with Crippen LogP contribution >= 0.6 is 0 Å². The summed E-state index contributed by atoms with van der Waals surface area (Å²) in [5.41, 5.74) is 0.584. The second-order valence-corrected chi connectivity index (χ2v) is 8.26. The quantitative estimate of drug-likeness (QED) is 0.478. The van der Waals surface area contributed by atoms with Crippen molar-refractivity contribution in [3.05, 3.63) is 28.3 Å². The molecule has 6 nitrogen and oxygen atoms in total. The zero-order valence-corrected chi connectivity index (χ0v) is 15.7. The van der Waals surface area contributed by atoms with Crippen LogP contribution in [0, 0.1) is 16.0 Å². The average molecular weight is 346 g/mol. The minimum Gasteiger partial charge on any atom is -0.399 e. The predicted molar refractivity (Wildman–Crippen MR) is 99.4 cm³/mol. The second kappa shape index (κ2) is 6.29. The Labute approximate surface area is 149 Å². The zero-order chi connectivity index (χ0) is 18.4. The van der Waals surface area contributed by atoms with Gasteiger partial charge in [0.15, 0.2) is 0 Å². The molecule has 0 aromatic heterocycles. The summed E-state index contributed by atoms with van der Waals surface area (Å²) >= 11 is 0. The molecule has 1 aromatic carbocycles. The molecule has 136 valence electrons. The number of nitro groups is 1. The van der Waals surface area contributed by atoms with Gasteiger partial charge >= 0.3 is 7.12 Å². The van der Waals surface area contributed by atoms with Crippen LogP contribution in [0.1, 0.15) is 47.5 Å². The van der Waals surface area contributed by atoms with Gasteiger partial charge in [-0.15, -0.1) is 0 Å². The van der Waals surface area contributed by atoms with Crippen molar-refractivity contribution >= 4 is 24.0 Å². The topological polar surface area (TPSA) is 64.8 Å². The van der Waals surface area contributed by atoms with Crippen LogP contribution in [0.4, 0.5) is 11.4 Å². The third-order valence-corrected chi connectivity index (χ3v) is 5.85. The molecule has 0 bridgehead atoms. The third kappa shape index (κ3) is 3.40. The van der Waals surface area contributed by atoms with Gasteiger partial charge in [-0.05, 0) is 58.0 Å². The van der Waals surface area contributed by atoms with Crippen molar-refractivity contribution in [3.63, 3.8) is 0 Å². The van der Waals surface area contributed by atoms with Gasteiger partial charge < -0.3 is 14.2 Å². The Morgan fingerprint density at radius 1 is 1.16 bits per heavy atom. The molecule has 0 amide bonds. The Hall–Kier alpha value is -1.60. The molecule has 0 radical (unpaired) electrons. The van der Waals surface area contributed by atoms with E-state index in [1.807, 2.05) is 39.8 Å². The lowest BCUT2D eigenvalue weighted by molar-refractivity contribution is -0.384. The molecule has 1 aromatic rings. The summed E-state index contributed by atoms with van der Waals surface area (Å²) < 4.78 is 12.1. The van der Waals surface area contributed by atoms with Crippen LogP contribution in [0.25, 0.3) is 0 Å². The number of benzene rings is 1. The van der Waals surface area contributed by atoms with Crippen LogP contribution in [-0.4, -0.2) is 36.3 Å². The van der Waals surface area contributed by atoms with Crippen molar-refractivity contribution in [2.24, 2.45) is 5.92 Å². The minimum absolute atomic E-state index is 0.127. The predicted octanol–water partition coefficient (Wildman–Crippen LogP) is 3.13. The van der Waals surface area contributed by atoms with Gasteiger partial charge in [-0.2, -0.15) is 0 Å². The monoisotopic (exact) mass is 346 g/mol. The minimum atomic E-state index is -0.584. The maximum Gasteiger partial charge on any atom is 0.495 e. The van der Waals surface area contributed by atoms with Crippen molar-refractivity contribution < 1.29 is 14.2 Å². The van der Waals surface area contributed by atoms with Gasteiger partial charge in [0.25, 0.3) is 5.69 Å². The Balaban J connectivity index is 1.89. The van der Waals surface area contributed by atoms with Crippen LogP contribution < -0.4 is 10.4 Å². The number of hydrogen-bond donors (Lipinski definition) is 0. The summed E-state index contributed by atoms with van der Waals surface area (Å²) in [5, 5.41) is 11.6. The molecule has 2 heterocycles. The van der Waals surface area contributed by atoms with E-state index in [-0.39, 0.29) is 10.6 Å². The Morgan fingerprint density at radius 2 is 1.72 bits per heavy atom. The maximum absolute atomic E-state index is 11.6. The number of nitro benzene ring substituents is 1.